The van der Waals surface area contributed by atoms with Crippen LogP contribution >= 0.6 is 0 Å². The molecule has 0 bridgehead atoms. The van der Waals surface area contributed by atoms with Gasteiger partial charge in [0, 0.05) is 22.4 Å². The Morgan fingerprint density at radius 3 is 2.76 bits per heavy atom. The number of rotatable bonds is 3. The Bertz CT molecular complexity index is 1260. The standard InChI is InChI=1S/C23H18N4O2/c1-29-19-9-3-7-17(14-19)23(28)25-18-8-2-5-15(13-18)11-12-16-6-4-10-20-21(16)22(24)27-26-20/h2-10,13-14H,1H3,(H,25,28)(H3,24,26,27). The smallest absolute Gasteiger partial charge is 0.255 e. The van der Waals surface area contributed by atoms with E-state index >= 15 is 0 Å². The maximum atomic E-state index is 12.5. The Morgan fingerprint density at radius 1 is 1.07 bits per heavy atom. The number of hydrogen-bond donors (Lipinski definition) is 3. The van der Waals surface area contributed by atoms with Gasteiger partial charge in [-0.25, -0.2) is 0 Å². The lowest BCUT2D eigenvalue weighted by atomic mass is 10.1. The zero-order chi connectivity index (χ0) is 20.2. The minimum atomic E-state index is -0.218. The van der Waals surface area contributed by atoms with E-state index < -0.39 is 0 Å². The first-order valence-corrected chi connectivity index (χ1v) is 8.94. The average Bonchev–Trinajstić information content (AvgIpc) is 3.14. The number of methoxy groups -OCH3 is 1. The molecule has 1 heterocycles. The van der Waals surface area contributed by atoms with E-state index in [0.29, 0.717) is 22.8 Å². The van der Waals surface area contributed by atoms with Crippen LogP contribution in [-0.4, -0.2) is 23.2 Å². The highest BCUT2D eigenvalue weighted by atomic mass is 16.5. The van der Waals surface area contributed by atoms with Crippen molar-refractivity contribution >= 4 is 28.3 Å². The van der Waals surface area contributed by atoms with Crippen LogP contribution in [0.1, 0.15) is 21.5 Å². The van der Waals surface area contributed by atoms with Crippen LogP contribution in [0.5, 0.6) is 5.75 Å². The molecular formula is C23H18N4O2. The van der Waals surface area contributed by atoms with E-state index in [0.717, 1.165) is 22.0 Å². The van der Waals surface area contributed by atoms with Gasteiger partial charge in [-0.05, 0) is 48.5 Å². The molecule has 0 aliphatic heterocycles. The van der Waals surface area contributed by atoms with Crippen LogP contribution in [0.3, 0.4) is 0 Å². The number of nitrogens with one attached hydrogen (secondary N) is 2. The molecule has 0 aliphatic carbocycles. The Kier molecular flexibility index (Phi) is 4.87. The molecule has 6 nitrogen and oxygen atoms in total. The Hall–Kier alpha value is -4.24. The van der Waals surface area contributed by atoms with Crippen molar-refractivity contribution in [2.24, 2.45) is 0 Å². The van der Waals surface area contributed by atoms with E-state index in [1.54, 1.807) is 31.4 Å². The summed E-state index contributed by atoms with van der Waals surface area (Å²) in [6.45, 7) is 0. The van der Waals surface area contributed by atoms with Crippen molar-refractivity contribution in [3.05, 3.63) is 83.4 Å². The number of H-pyrrole nitrogens is 1. The molecule has 29 heavy (non-hydrogen) atoms. The van der Waals surface area contributed by atoms with Crippen LogP contribution in [0.2, 0.25) is 0 Å². The van der Waals surface area contributed by atoms with E-state index in [1.807, 2.05) is 42.5 Å². The number of carbonyl (C=O) groups is 1. The molecule has 0 aliphatic rings. The zero-order valence-corrected chi connectivity index (χ0v) is 15.7. The number of fused-ring (bicyclic) bond motifs is 1. The highest BCUT2D eigenvalue weighted by Crippen LogP contribution is 2.22. The fourth-order valence-electron chi connectivity index (χ4n) is 2.98. The monoisotopic (exact) mass is 382 g/mol. The van der Waals surface area contributed by atoms with Gasteiger partial charge in [-0.1, -0.05) is 30.0 Å². The van der Waals surface area contributed by atoms with Gasteiger partial charge in [0.05, 0.1) is 18.0 Å². The summed E-state index contributed by atoms with van der Waals surface area (Å²) in [4.78, 5) is 12.5. The second kappa shape index (κ2) is 7.79. The van der Waals surface area contributed by atoms with E-state index in [1.165, 1.54) is 0 Å². The number of nitrogen functional groups attached to an aromatic ring is 1. The quantitative estimate of drug-likeness (QED) is 0.470. The van der Waals surface area contributed by atoms with Crippen molar-refractivity contribution in [3.8, 4) is 17.6 Å². The molecule has 6 heteroatoms. The number of amides is 1. The van der Waals surface area contributed by atoms with Gasteiger partial charge in [0.25, 0.3) is 5.91 Å². The molecule has 0 saturated heterocycles. The topological polar surface area (TPSA) is 93.0 Å². The number of aromatic amines is 1. The summed E-state index contributed by atoms with van der Waals surface area (Å²) in [5.41, 5.74) is 9.51. The first-order valence-electron chi connectivity index (χ1n) is 8.94. The van der Waals surface area contributed by atoms with Crippen LogP contribution in [0.25, 0.3) is 10.9 Å². The number of carbonyl (C=O) groups excluding carboxylic acids is 1. The van der Waals surface area contributed by atoms with E-state index in [4.69, 9.17) is 10.5 Å². The fraction of sp³-hybridized carbons (Fsp3) is 0.0435. The Labute approximate surface area is 167 Å². The molecule has 0 atom stereocenters. The molecule has 1 aromatic heterocycles. The minimum absolute atomic E-state index is 0.218. The van der Waals surface area contributed by atoms with Crippen molar-refractivity contribution in [1.82, 2.24) is 10.2 Å². The summed E-state index contributed by atoms with van der Waals surface area (Å²) >= 11 is 0. The van der Waals surface area contributed by atoms with E-state index in [2.05, 4.69) is 27.4 Å². The summed E-state index contributed by atoms with van der Waals surface area (Å²) in [6.07, 6.45) is 0. The maximum absolute atomic E-state index is 12.5. The Balaban J connectivity index is 1.57. The number of nitrogens with zero attached hydrogens (tertiary/aromatic N) is 1. The average molecular weight is 382 g/mol. The number of benzene rings is 3. The van der Waals surface area contributed by atoms with Crippen molar-refractivity contribution in [2.75, 3.05) is 18.2 Å². The number of aromatic nitrogens is 2. The van der Waals surface area contributed by atoms with Gasteiger partial charge in [0.1, 0.15) is 5.75 Å². The van der Waals surface area contributed by atoms with Gasteiger partial charge in [-0.15, -0.1) is 0 Å². The summed E-state index contributed by atoms with van der Waals surface area (Å²) in [5, 5.41) is 10.6. The first-order chi connectivity index (χ1) is 14.1. The number of hydrogen-bond acceptors (Lipinski definition) is 4. The third-order valence-electron chi connectivity index (χ3n) is 4.41. The van der Waals surface area contributed by atoms with Crippen LogP contribution < -0.4 is 15.8 Å². The molecule has 0 radical (unpaired) electrons. The Morgan fingerprint density at radius 2 is 1.90 bits per heavy atom. The summed E-state index contributed by atoms with van der Waals surface area (Å²) in [7, 11) is 1.57. The van der Waals surface area contributed by atoms with Gasteiger partial charge in [0.15, 0.2) is 5.82 Å². The second-order valence-corrected chi connectivity index (χ2v) is 6.35. The molecule has 4 N–H and O–H groups in total. The van der Waals surface area contributed by atoms with Crippen molar-refractivity contribution in [3.63, 3.8) is 0 Å². The van der Waals surface area contributed by atoms with Crippen LogP contribution in [0.15, 0.2) is 66.7 Å². The second-order valence-electron chi connectivity index (χ2n) is 6.35. The van der Waals surface area contributed by atoms with Gasteiger partial charge in [-0.3, -0.25) is 9.89 Å². The predicted molar refractivity (Wildman–Crippen MR) is 114 cm³/mol. The minimum Gasteiger partial charge on any atom is -0.497 e. The molecule has 3 aromatic carbocycles. The molecular weight excluding hydrogens is 364 g/mol. The molecule has 0 spiro atoms. The molecule has 0 fully saturated rings. The lowest BCUT2D eigenvalue weighted by Crippen LogP contribution is -2.11. The van der Waals surface area contributed by atoms with Crippen molar-refractivity contribution in [1.29, 1.82) is 0 Å². The predicted octanol–water partition coefficient (Wildman–Crippen LogP) is 3.81. The molecule has 142 valence electrons. The third-order valence-corrected chi connectivity index (χ3v) is 4.41. The maximum Gasteiger partial charge on any atom is 0.255 e. The molecule has 1 amide bonds. The highest BCUT2D eigenvalue weighted by Gasteiger charge is 2.08. The SMILES string of the molecule is COc1cccc(C(=O)Nc2cccc(C#Cc3cccc4[nH]nc(N)c34)c2)c1. The largest absolute Gasteiger partial charge is 0.497 e. The number of ether oxygens (including phenoxy) is 1. The highest BCUT2D eigenvalue weighted by molar-refractivity contribution is 6.04. The number of nitrogens with two attached hydrogens (primary N) is 1. The van der Waals surface area contributed by atoms with Crippen LogP contribution in [0, 0.1) is 11.8 Å². The molecule has 4 rings (SSSR count). The van der Waals surface area contributed by atoms with Crippen molar-refractivity contribution < 1.29 is 9.53 Å². The molecule has 0 unspecified atom stereocenters. The van der Waals surface area contributed by atoms with Gasteiger partial charge in [-0.2, -0.15) is 5.10 Å². The van der Waals surface area contributed by atoms with E-state index in [9.17, 15) is 4.79 Å². The van der Waals surface area contributed by atoms with Crippen molar-refractivity contribution in [2.45, 2.75) is 0 Å². The lowest BCUT2D eigenvalue weighted by Gasteiger charge is -2.07. The van der Waals surface area contributed by atoms with E-state index in [-0.39, 0.29) is 5.91 Å². The summed E-state index contributed by atoms with van der Waals surface area (Å²) in [5.74, 6) is 7.09. The lowest BCUT2D eigenvalue weighted by molar-refractivity contribution is 0.102. The van der Waals surface area contributed by atoms with Gasteiger partial charge >= 0.3 is 0 Å². The first kappa shape index (κ1) is 18.1. The molecule has 4 aromatic rings. The summed E-state index contributed by atoms with van der Waals surface area (Å²) in [6, 6.07) is 20.1. The summed E-state index contributed by atoms with van der Waals surface area (Å²) < 4.78 is 5.17. The fourth-order valence-corrected chi connectivity index (χ4v) is 2.98. The molecule has 0 saturated carbocycles. The van der Waals surface area contributed by atoms with Gasteiger partial charge in [0.2, 0.25) is 0 Å². The third kappa shape index (κ3) is 3.89. The van der Waals surface area contributed by atoms with Crippen LogP contribution in [0.4, 0.5) is 11.5 Å². The number of anilines is 2. The zero-order valence-electron chi connectivity index (χ0n) is 15.7. The van der Waals surface area contributed by atoms with Gasteiger partial charge < -0.3 is 15.8 Å². The normalized spacial score (nSPS) is 10.2. The van der Waals surface area contributed by atoms with Crippen LogP contribution in [-0.2, 0) is 0 Å².